The van der Waals surface area contributed by atoms with Crippen molar-refractivity contribution in [2.24, 2.45) is 5.92 Å². The van der Waals surface area contributed by atoms with Gasteiger partial charge in [0.1, 0.15) is 6.54 Å². The molecule has 3 rings (SSSR count). The first-order valence-corrected chi connectivity index (χ1v) is 9.03. The Labute approximate surface area is 153 Å². The lowest BCUT2D eigenvalue weighted by atomic mass is 9.97. The Morgan fingerprint density at radius 2 is 1.77 bits per heavy atom. The summed E-state index contributed by atoms with van der Waals surface area (Å²) in [5, 5.41) is 2.88. The van der Waals surface area contributed by atoms with Gasteiger partial charge in [0.15, 0.2) is 0 Å². The van der Waals surface area contributed by atoms with Crippen molar-refractivity contribution in [1.82, 2.24) is 15.1 Å². The topological polar surface area (TPSA) is 79.0 Å². The van der Waals surface area contributed by atoms with Crippen LogP contribution in [0.4, 0.5) is 0 Å². The molecule has 2 heterocycles. The molecule has 0 saturated carbocycles. The van der Waals surface area contributed by atoms with Gasteiger partial charge < -0.3 is 15.0 Å². The van der Waals surface area contributed by atoms with Crippen molar-refractivity contribution in [3.63, 3.8) is 0 Å². The third kappa shape index (κ3) is 4.11. The fraction of sp³-hybridized carbons (Fsp3) is 0.526. The average Bonchev–Trinajstić information content (AvgIpc) is 2.91. The Kier molecular flexibility index (Phi) is 6.00. The van der Waals surface area contributed by atoms with Gasteiger partial charge in [0, 0.05) is 20.2 Å². The van der Waals surface area contributed by atoms with E-state index in [9.17, 15) is 14.4 Å². The Bertz CT molecular complexity index is 648. The van der Waals surface area contributed by atoms with Gasteiger partial charge in [-0.25, -0.2) is 0 Å². The van der Waals surface area contributed by atoms with Crippen LogP contribution in [0.15, 0.2) is 24.3 Å². The molecule has 0 aliphatic carbocycles. The summed E-state index contributed by atoms with van der Waals surface area (Å²) in [6.07, 6.45) is 2.05. The van der Waals surface area contributed by atoms with Crippen molar-refractivity contribution < 1.29 is 19.1 Å². The fourth-order valence-electron chi connectivity index (χ4n) is 3.47. The Hall–Kier alpha value is -2.25. The molecule has 0 unspecified atom stereocenters. The van der Waals surface area contributed by atoms with E-state index in [1.165, 1.54) is 0 Å². The molecule has 0 spiro atoms. The van der Waals surface area contributed by atoms with E-state index in [1.54, 1.807) is 31.4 Å². The molecule has 7 heteroatoms. The van der Waals surface area contributed by atoms with Gasteiger partial charge in [-0.05, 0) is 44.0 Å². The molecule has 0 bridgehead atoms. The average molecular weight is 359 g/mol. The van der Waals surface area contributed by atoms with Crippen LogP contribution in [0.5, 0.6) is 0 Å². The van der Waals surface area contributed by atoms with Crippen molar-refractivity contribution in [1.29, 1.82) is 0 Å². The molecule has 1 saturated heterocycles. The highest BCUT2D eigenvalue weighted by Crippen LogP contribution is 2.22. The Morgan fingerprint density at radius 3 is 2.35 bits per heavy atom. The highest BCUT2D eigenvalue weighted by atomic mass is 16.5. The second-order valence-electron chi connectivity index (χ2n) is 6.82. The molecule has 1 N–H and O–H groups in total. The molecule has 3 amide bonds. The summed E-state index contributed by atoms with van der Waals surface area (Å²) in [6, 6.07) is 6.66. The quantitative estimate of drug-likeness (QED) is 0.727. The van der Waals surface area contributed by atoms with E-state index in [2.05, 4.69) is 10.2 Å². The summed E-state index contributed by atoms with van der Waals surface area (Å²) in [5.41, 5.74) is 0.738. The number of rotatable bonds is 7. The molecule has 2 aliphatic heterocycles. The molecule has 2 aliphatic rings. The molecular weight excluding hydrogens is 334 g/mol. The molecule has 140 valence electrons. The fourth-order valence-corrected chi connectivity index (χ4v) is 3.47. The summed E-state index contributed by atoms with van der Waals surface area (Å²) in [6.45, 7) is 4.04. The number of fused-ring (bicyclic) bond motifs is 1. The van der Waals surface area contributed by atoms with Gasteiger partial charge in [-0.15, -0.1) is 0 Å². The van der Waals surface area contributed by atoms with Crippen LogP contribution in [0.25, 0.3) is 0 Å². The van der Waals surface area contributed by atoms with Crippen LogP contribution in [-0.4, -0.2) is 74.0 Å². The standard InChI is InChI=1S/C19H25N3O4/c1-26-11-10-21-8-6-14(7-9-21)12-20-17(23)13-22-18(24)15-4-2-3-5-16(15)19(22)25/h2-5,14H,6-13H2,1H3,(H,20,23). The van der Waals surface area contributed by atoms with Crippen molar-refractivity contribution in [2.75, 3.05) is 46.4 Å². The van der Waals surface area contributed by atoms with E-state index in [0.717, 1.165) is 44.0 Å². The van der Waals surface area contributed by atoms with E-state index < -0.39 is 11.8 Å². The largest absolute Gasteiger partial charge is 0.383 e. The van der Waals surface area contributed by atoms with Gasteiger partial charge in [0.2, 0.25) is 5.91 Å². The number of hydrogen-bond donors (Lipinski definition) is 1. The number of imide groups is 1. The number of benzene rings is 1. The Balaban J connectivity index is 1.43. The van der Waals surface area contributed by atoms with E-state index in [4.69, 9.17) is 4.74 Å². The second-order valence-corrected chi connectivity index (χ2v) is 6.82. The number of likely N-dealkylation sites (tertiary alicyclic amines) is 1. The van der Waals surface area contributed by atoms with Gasteiger partial charge >= 0.3 is 0 Å². The predicted molar refractivity (Wildman–Crippen MR) is 95.9 cm³/mol. The number of nitrogens with one attached hydrogen (secondary N) is 1. The number of methoxy groups -OCH3 is 1. The van der Waals surface area contributed by atoms with Crippen LogP contribution in [0.1, 0.15) is 33.6 Å². The second kappa shape index (κ2) is 8.42. The number of amides is 3. The minimum absolute atomic E-state index is 0.223. The maximum atomic E-state index is 12.3. The van der Waals surface area contributed by atoms with Gasteiger partial charge in [-0.1, -0.05) is 12.1 Å². The maximum absolute atomic E-state index is 12.3. The molecule has 1 aromatic rings. The highest BCUT2D eigenvalue weighted by Gasteiger charge is 2.36. The molecule has 0 aromatic heterocycles. The van der Waals surface area contributed by atoms with Crippen molar-refractivity contribution >= 4 is 17.7 Å². The van der Waals surface area contributed by atoms with E-state index in [0.29, 0.717) is 23.6 Å². The van der Waals surface area contributed by atoms with Crippen LogP contribution in [0.2, 0.25) is 0 Å². The molecule has 1 aromatic carbocycles. The first kappa shape index (κ1) is 18.5. The van der Waals surface area contributed by atoms with Crippen LogP contribution in [0, 0.1) is 5.92 Å². The summed E-state index contributed by atoms with van der Waals surface area (Å²) in [7, 11) is 1.71. The van der Waals surface area contributed by atoms with Crippen LogP contribution < -0.4 is 5.32 Å². The number of piperidine rings is 1. The number of carbonyl (C=O) groups excluding carboxylic acids is 3. The number of ether oxygens (including phenoxy) is 1. The third-order valence-corrected chi connectivity index (χ3v) is 5.09. The predicted octanol–water partition coefficient (Wildman–Crippen LogP) is 0.757. The zero-order valence-electron chi connectivity index (χ0n) is 15.1. The molecular formula is C19H25N3O4. The number of carbonyl (C=O) groups is 3. The van der Waals surface area contributed by atoms with Crippen molar-refractivity contribution in [2.45, 2.75) is 12.8 Å². The zero-order chi connectivity index (χ0) is 18.5. The summed E-state index contributed by atoms with van der Waals surface area (Å²) >= 11 is 0. The first-order valence-electron chi connectivity index (χ1n) is 9.03. The minimum Gasteiger partial charge on any atom is -0.383 e. The lowest BCUT2D eigenvalue weighted by Crippen LogP contribution is -2.43. The SMILES string of the molecule is COCCN1CCC(CNC(=O)CN2C(=O)c3ccccc3C2=O)CC1. The summed E-state index contributed by atoms with van der Waals surface area (Å²) < 4.78 is 5.10. The van der Waals surface area contributed by atoms with Crippen molar-refractivity contribution in [3.8, 4) is 0 Å². The lowest BCUT2D eigenvalue weighted by Gasteiger charge is -2.31. The Morgan fingerprint density at radius 1 is 1.15 bits per heavy atom. The van der Waals surface area contributed by atoms with Gasteiger partial charge in [0.25, 0.3) is 11.8 Å². The highest BCUT2D eigenvalue weighted by molar-refractivity contribution is 6.22. The molecule has 0 radical (unpaired) electrons. The molecule has 1 fully saturated rings. The monoisotopic (exact) mass is 359 g/mol. The third-order valence-electron chi connectivity index (χ3n) is 5.09. The van der Waals surface area contributed by atoms with Gasteiger partial charge in [-0.3, -0.25) is 19.3 Å². The first-order chi connectivity index (χ1) is 12.6. The normalized spacial score (nSPS) is 18.3. The summed E-state index contributed by atoms with van der Waals surface area (Å²) in [5.74, 6) is -0.652. The van der Waals surface area contributed by atoms with Crippen LogP contribution >= 0.6 is 0 Å². The zero-order valence-corrected chi connectivity index (χ0v) is 15.1. The van der Waals surface area contributed by atoms with E-state index in [-0.39, 0.29) is 12.5 Å². The lowest BCUT2D eigenvalue weighted by molar-refractivity contribution is -0.121. The van der Waals surface area contributed by atoms with Gasteiger partial charge in [0.05, 0.1) is 17.7 Å². The molecule has 0 atom stereocenters. The van der Waals surface area contributed by atoms with E-state index in [1.807, 2.05) is 0 Å². The maximum Gasteiger partial charge on any atom is 0.262 e. The summed E-state index contributed by atoms with van der Waals surface area (Å²) in [4.78, 5) is 40.1. The molecule has 26 heavy (non-hydrogen) atoms. The number of hydrogen-bond acceptors (Lipinski definition) is 5. The van der Waals surface area contributed by atoms with E-state index >= 15 is 0 Å². The van der Waals surface area contributed by atoms with Gasteiger partial charge in [-0.2, -0.15) is 0 Å². The minimum atomic E-state index is -0.396. The van der Waals surface area contributed by atoms with Crippen LogP contribution in [0.3, 0.4) is 0 Å². The smallest absolute Gasteiger partial charge is 0.262 e. The van der Waals surface area contributed by atoms with Crippen molar-refractivity contribution in [3.05, 3.63) is 35.4 Å². The number of nitrogens with zero attached hydrogens (tertiary/aromatic N) is 2. The molecule has 7 nitrogen and oxygen atoms in total. The van der Waals surface area contributed by atoms with Crippen LogP contribution in [-0.2, 0) is 9.53 Å².